The number of ether oxygens (including phenoxy) is 4. The number of hydrogen-bond donors (Lipinski definition) is 2. The molecule has 0 radical (unpaired) electrons. The van der Waals surface area contributed by atoms with E-state index < -0.39 is 24.1 Å². The minimum atomic E-state index is -0.889. The molecule has 3 aromatic rings. The molecule has 5 rings (SSSR count). The van der Waals surface area contributed by atoms with Crippen LogP contribution in [-0.2, 0) is 6.61 Å². The van der Waals surface area contributed by atoms with Gasteiger partial charge in [-0.1, -0.05) is 0 Å². The van der Waals surface area contributed by atoms with Crippen molar-refractivity contribution in [2.45, 2.75) is 32.4 Å². The highest BCUT2D eigenvalue weighted by Gasteiger charge is 2.29. The van der Waals surface area contributed by atoms with E-state index in [-0.39, 0.29) is 28.8 Å². The Bertz CT molecular complexity index is 1360. The number of piperidine rings is 1. The van der Waals surface area contributed by atoms with Crippen LogP contribution < -0.4 is 34.5 Å². The van der Waals surface area contributed by atoms with Gasteiger partial charge < -0.3 is 34.5 Å². The average molecular weight is 603 g/mol. The summed E-state index contributed by atoms with van der Waals surface area (Å²) < 4.78 is 66.1. The molecule has 10 nitrogen and oxygen atoms in total. The van der Waals surface area contributed by atoms with Gasteiger partial charge in [0.2, 0.25) is 5.95 Å². The first-order valence-corrected chi connectivity index (χ1v) is 14.4. The molecular formula is C30H37F3N6O4. The van der Waals surface area contributed by atoms with E-state index in [4.69, 9.17) is 18.9 Å². The predicted molar refractivity (Wildman–Crippen MR) is 156 cm³/mol. The first-order valence-electron chi connectivity index (χ1n) is 14.4. The Morgan fingerprint density at radius 3 is 2.14 bits per heavy atom. The maximum Gasteiger partial charge on any atom is 0.227 e. The lowest BCUT2D eigenvalue weighted by molar-refractivity contribution is 0.149. The second kappa shape index (κ2) is 14.0. The number of halogens is 3. The fraction of sp³-hybridized carbons (Fsp3) is 0.467. The molecule has 13 heteroatoms. The van der Waals surface area contributed by atoms with E-state index in [1.807, 2.05) is 6.92 Å². The molecule has 2 aromatic carbocycles. The Kier molecular flexibility index (Phi) is 9.93. The van der Waals surface area contributed by atoms with Crippen molar-refractivity contribution >= 4 is 17.3 Å². The monoisotopic (exact) mass is 602 g/mol. The fourth-order valence-electron chi connectivity index (χ4n) is 5.52. The normalized spacial score (nSPS) is 16.2. The summed E-state index contributed by atoms with van der Waals surface area (Å²) in [6.07, 6.45) is 4.63. The van der Waals surface area contributed by atoms with Crippen LogP contribution in [0.5, 0.6) is 23.0 Å². The third-order valence-electron chi connectivity index (χ3n) is 7.71. The van der Waals surface area contributed by atoms with Crippen molar-refractivity contribution in [3.63, 3.8) is 0 Å². The lowest BCUT2D eigenvalue weighted by Gasteiger charge is -2.41. The molecule has 2 saturated heterocycles. The summed E-state index contributed by atoms with van der Waals surface area (Å²) in [6, 6.07) is 4.77. The van der Waals surface area contributed by atoms with E-state index in [1.165, 1.54) is 32.7 Å². The topological polar surface area (TPSA) is 93.2 Å². The van der Waals surface area contributed by atoms with E-state index in [1.54, 1.807) is 6.07 Å². The van der Waals surface area contributed by atoms with Gasteiger partial charge in [0.15, 0.2) is 34.7 Å². The highest BCUT2D eigenvalue weighted by molar-refractivity contribution is 5.68. The summed E-state index contributed by atoms with van der Waals surface area (Å²) in [5.41, 5.74) is 0.525. The molecule has 0 spiro atoms. The number of nitrogens with one attached hydrogen (secondary N) is 2. The van der Waals surface area contributed by atoms with Crippen LogP contribution in [0.3, 0.4) is 0 Å². The van der Waals surface area contributed by atoms with Crippen molar-refractivity contribution in [1.82, 2.24) is 20.2 Å². The Labute approximate surface area is 249 Å². The zero-order valence-electron chi connectivity index (χ0n) is 24.6. The Morgan fingerprint density at radius 2 is 1.53 bits per heavy atom. The number of hydrogen-bond acceptors (Lipinski definition) is 10. The van der Waals surface area contributed by atoms with Crippen LogP contribution >= 0.6 is 0 Å². The average Bonchev–Trinajstić information content (AvgIpc) is 3.02. The van der Waals surface area contributed by atoms with Crippen LogP contribution in [0.2, 0.25) is 0 Å². The molecule has 3 heterocycles. The van der Waals surface area contributed by atoms with Gasteiger partial charge in [0.1, 0.15) is 18.0 Å². The quantitative estimate of drug-likeness (QED) is 0.327. The number of aromatic nitrogens is 2. The second-order valence-electron chi connectivity index (χ2n) is 10.3. The molecule has 0 unspecified atom stereocenters. The number of rotatable bonds is 11. The van der Waals surface area contributed by atoms with Crippen molar-refractivity contribution in [3.8, 4) is 23.0 Å². The molecule has 2 fully saturated rings. The molecule has 0 amide bonds. The molecule has 0 atom stereocenters. The minimum Gasteiger partial charge on any atom is -0.494 e. The summed E-state index contributed by atoms with van der Waals surface area (Å²) in [5, 5.41) is 6.38. The van der Waals surface area contributed by atoms with E-state index in [9.17, 15) is 8.78 Å². The summed E-state index contributed by atoms with van der Waals surface area (Å²) in [6.45, 7) is 7.42. The lowest BCUT2D eigenvalue weighted by atomic mass is 10.0. The van der Waals surface area contributed by atoms with Crippen LogP contribution in [0.15, 0.2) is 30.6 Å². The molecule has 0 saturated carbocycles. The molecule has 2 N–H and O–H groups in total. The third kappa shape index (κ3) is 6.99. The van der Waals surface area contributed by atoms with Crippen LogP contribution in [-0.4, -0.2) is 81.0 Å². The van der Waals surface area contributed by atoms with Gasteiger partial charge in [-0.2, -0.15) is 0 Å². The number of anilines is 3. The number of methoxy groups -OCH3 is 2. The Morgan fingerprint density at radius 1 is 0.884 bits per heavy atom. The number of piperazine rings is 1. The summed E-state index contributed by atoms with van der Waals surface area (Å²) >= 11 is 0. The Balaban J connectivity index is 1.24. The minimum absolute atomic E-state index is 0.169. The SMILES string of the molecule is CCOc1cc(Nc2ncc(OCc3c(F)c(OC)cc(OC)c3F)cn2)cc(F)c1N1CCC(N2CCNCC2)CC1. The molecule has 0 bridgehead atoms. The van der Waals surface area contributed by atoms with Crippen molar-refractivity contribution in [2.24, 2.45) is 0 Å². The first kappa shape index (κ1) is 30.5. The van der Waals surface area contributed by atoms with Crippen LogP contribution in [0.1, 0.15) is 25.3 Å². The van der Waals surface area contributed by atoms with E-state index in [2.05, 4.69) is 30.4 Å². The van der Waals surface area contributed by atoms with E-state index in [0.717, 1.165) is 58.2 Å². The smallest absolute Gasteiger partial charge is 0.227 e. The van der Waals surface area contributed by atoms with Crippen LogP contribution in [0.25, 0.3) is 0 Å². The molecular weight excluding hydrogens is 565 g/mol. The zero-order chi connectivity index (χ0) is 30.3. The second-order valence-corrected chi connectivity index (χ2v) is 10.3. The third-order valence-corrected chi connectivity index (χ3v) is 7.71. The summed E-state index contributed by atoms with van der Waals surface area (Å²) in [4.78, 5) is 13.0. The van der Waals surface area contributed by atoms with Crippen molar-refractivity contribution in [2.75, 3.05) is 70.3 Å². The van der Waals surface area contributed by atoms with Gasteiger partial charge in [-0.3, -0.25) is 4.90 Å². The lowest BCUT2D eigenvalue weighted by Crippen LogP contribution is -2.52. The van der Waals surface area contributed by atoms with Crippen molar-refractivity contribution in [3.05, 3.63) is 53.6 Å². The largest absolute Gasteiger partial charge is 0.494 e. The maximum atomic E-state index is 15.6. The van der Waals surface area contributed by atoms with E-state index in [0.29, 0.717) is 29.8 Å². The van der Waals surface area contributed by atoms with Gasteiger partial charge >= 0.3 is 0 Å². The summed E-state index contributed by atoms with van der Waals surface area (Å²) in [7, 11) is 2.54. The van der Waals surface area contributed by atoms with Gasteiger partial charge in [-0.15, -0.1) is 0 Å². The first-order chi connectivity index (χ1) is 20.9. The zero-order valence-corrected chi connectivity index (χ0v) is 24.6. The predicted octanol–water partition coefficient (Wildman–Crippen LogP) is 4.51. The van der Waals surface area contributed by atoms with Crippen molar-refractivity contribution in [1.29, 1.82) is 0 Å². The highest BCUT2D eigenvalue weighted by Crippen LogP contribution is 2.37. The molecule has 2 aliphatic rings. The molecule has 232 valence electrons. The van der Waals surface area contributed by atoms with Gasteiger partial charge in [0.05, 0.1) is 38.8 Å². The standard InChI is InChI=1S/C30H37F3N6O4/c1-4-42-26-14-19(13-23(31)29(26)39-9-5-20(6-10-39)38-11-7-34-8-12-38)37-30-35-16-21(17-36-30)43-18-22-27(32)24(40-2)15-25(41-3)28(22)33/h13-17,20,34H,4-12,18H2,1-3H3,(H,35,36,37). The molecule has 2 aliphatic heterocycles. The van der Waals surface area contributed by atoms with Gasteiger partial charge in [0, 0.05) is 63.1 Å². The van der Waals surface area contributed by atoms with Crippen molar-refractivity contribution < 1.29 is 32.1 Å². The maximum absolute atomic E-state index is 15.6. The number of benzene rings is 2. The highest BCUT2D eigenvalue weighted by atomic mass is 19.1. The van der Waals surface area contributed by atoms with Crippen LogP contribution in [0.4, 0.5) is 30.5 Å². The van der Waals surface area contributed by atoms with E-state index >= 15 is 4.39 Å². The fourth-order valence-corrected chi connectivity index (χ4v) is 5.52. The molecule has 43 heavy (non-hydrogen) atoms. The van der Waals surface area contributed by atoms with Gasteiger partial charge in [-0.05, 0) is 25.8 Å². The molecule has 1 aromatic heterocycles. The number of nitrogens with zero attached hydrogens (tertiary/aromatic N) is 4. The summed E-state index contributed by atoms with van der Waals surface area (Å²) in [5.74, 6) is -1.71. The van der Waals surface area contributed by atoms with Gasteiger partial charge in [-0.25, -0.2) is 23.1 Å². The Hall–Kier alpha value is -3.97. The van der Waals surface area contributed by atoms with Crippen LogP contribution in [0, 0.1) is 17.5 Å². The molecule has 0 aliphatic carbocycles. The van der Waals surface area contributed by atoms with Gasteiger partial charge in [0.25, 0.3) is 0 Å².